The van der Waals surface area contributed by atoms with E-state index in [1.54, 1.807) is 4.57 Å². The number of fused-ring (bicyclic) bond motifs is 3. The lowest BCUT2D eigenvalue weighted by Crippen LogP contribution is -2.45. The van der Waals surface area contributed by atoms with E-state index in [2.05, 4.69) is 15.6 Å². The highest BCUT2D eigenvalue weighted by molar-refractivity contribution is 7.99. The number of carbonyl (C=O) groups is 2. The second kappa shape index (κ2) is 11.1. The van der Waals surface area contributed by atoms with Crippen molar-refractivity contribution in [2.24, 2.45) is 0 Å². The Kier molecular flexibility index (Phi) is 7.65. The maximum Gasteiger partial charge on any atom is 0.407 e. The number of alkyl carbamates (subject to hydrolysis) is 1. The molecule has 1 aliphatic carbocycles. The summed E-state index contributed by atoms with van der Waals surface area (Å²) in [7, 11) is 0. The molecule has 39 heavy (non-hydrogen) atoms. The molecule has 2 aromatic heterocycles. The fourth-order valence-electron chi connectivity index (χ4n) is 4.90. The van der Waals surface area contributed by atoms with Gasteiger partial charge < -0.3 is 20.4 Å². The second-order valence-electron chi connectivity index (χ2n) is 10.8. The van der Waals surface area contributed by atoms with Gasteiger partial charge in [0.2, 0.25) is 5.91 Å². The monoisotopic (exact) mass is 547 g/mol. The molecule has 10 heteroatoms. The molecular weight excluding hydrogens is 514 g/mol. The number of hydrogen-bond donors (Lipinski definition) is 3. The van der Waals surface area contributed by atoms with Gasteiger partial charge in [-0.3, -0.25) is 14.2 Å². The number of benzene rings is 2. The molecule has 0 saturated heterocycles. The lowest BCUT2D eigenvalue weighted by Gasteiger charge is -2.30. The van der Waals surface area contributed by atoms with Crippen molar-refractivity contribution in [3.05, 3.63) is 65.0 Å². The van der Waals surface area contributed by atoms with E-state index in [4.69, 9.17) is 9.72 Å². The van der Waals surface area contributed by atoms with Crippen molar-refractivity contribution in [3.8, 4) is 5.69 Å². The number of ether oxygens (including phenoxy) is 1. The lowest BCUT2D eigenvalue weighted by atomic mass is 9.91. The Morgan fingerprint density at radius 3 is 2.33 bits per heavy atom. The molecule has 0 radical (unpaired) electrons. The van der Waals surface area contributed by atoms with Gasteiger partial charge >= 0.3 is 6.09 Å². The predicted molar refractivity (Wildman–Crippen MR) is 153 cm³/mol. The molecule has 2 heterocycles. The highest BCUT2D eigenvalue weighted by atomic mass is 32.2. The molecular formula is C29H33N5O4S. The van der Waals surface area contributed by atoms with Crippen LogP contribution < -0.4 is 16.2 Å². The van der Waals surface area contributed by atoms with Crippen molar-refractivity contribution in [1.29, 1.82) is 0 Å². The number of carbonyl (C=O) groups excluding carboxylic acids is 2. The van der Waals surface area contributed by atoms with E-state index in [1.807, 2.05) is 75.4 Å². The van der Waals surface area contributed by atoms with Crippen molar-refractivity contribution in [3.63, 3.8) is 0 Å². The number of hydrogen-bond acceptors (Lipinski definition) is 6. The van der Waals surface area contributed by atoms with Crippen LogP contribution in [-0.2, 0) is 9.53 Å². The molecule has 1 fully saturated rings. The summed E-state index contributed by atoms with van der Waals surface area (Å²) in [6, 6.07) is 17.1. The van der Waals surface area contributed by atoms with Gasteiger partial charge in [-0.25, -0.2) is 9.78 Å². The minimum Gasteiger partial charge on any atom is -0.444 e. The third-order valence-corrected chi connectivity index (χ3v) is 7.59. The van der Waals surface area contributed by atoms with Crippen LogP contribution in [-0.4, -0.2) is 50.0 Å². The van der Waals surface area contributed by atoms with Crippen LogP contribution in [0.25, 0.3) is 27.6 Å². The SMILES string of the molecule is CC(C)(C)OC(=O)NC1CCC(NC(=O)CSc2nc3c([nH]c4ccccc43)c(=O)n2-c2ccccc2)CC1. The van der Waals surface area contributed by atoms with Gasteiger partial charge in [-0.05, 0) is 64.7 Å². The number of aromatic nitrogens is 3. The molecule has 2 aromatic carbocycles. The van der Waals surface area contributed by atoms with Crippen LogP contribution in [0.3, 0.4) is 0 Å². The van der Waals surface area contributed by atoms with Gasteiger partial charge in [0.25, 0.3) is 5.56 Å². The number of thioether (sulfide) groups is 1. The number of H-pyrrole nitrogens is 1. The number of nitrogens with zero attached hydrogens (tertiary/aromatic N) is 2. The van der Waals surface area contributed by atoms with E-state index in [9.17, 15) is 14.4 Å². The van der Waals surface area contributed by atoms with Crippen molar-refractivity contribution in [1.82, 2.24) is 25.2 Å². The van der Waals surface area contributed by atoms with Crippen molar-refractivity contribution >= 4 is 45.7 Å². The summed E-state index contributed by atoms with van der Waals surface area (Å²) >= 11 is 1.25. The van der Waals surface area contributed by atoms with Crippen LogP contribution in [0.4, 0.5) is 4.79 Å². The zero-order chi connectivity index (χ0) is 27.6. The summed E-state index contributed by atoms with van der Waals surface area (Å²) in [4.78, 5) is 46.6. The molecule has 1 saturated carbocycles. The number of rotatable bonds is 6. The Hall–Kier alpha value is -3.79. The molecule has 0 spiro atoms. The maximum atomic E-state index is 13.6. The largest absolute Gasteiger partial charge is 0.444 e. The van der Waals surface area contributed by atoms with Gasteiger partial charge in [-0.1, -0.05) is 48.2 Å². The van der Waals surface area contributed by atoms with Crippen molar-refractivity contribution in [2.75, 3.05) is 5.75 Å². The first-order valence-electron chi connectivity index (χ1n) is 13.2. The fourth-order valence-corrected chi connectivity index (χ4v) is 5.72. The standard InChI is InChI=1S/C29H33N5O4S/c1-29(2,3)38-28(37)31-19-15-13-18(14-16-19)30-23(35)17-39-27-33-24-21-11-7-8-12-22(21)32-25(24)26(36)34(27)20-9-5-4-6-10-20/h4-12,18-19,32H,13-17H2,1-3H3,(H,30,35)(H,31,37). The Balaban J connectivity index is 1.27. The minimum absolute atomic E-state index is 0.0368. The highest BCUT2D eigenvalue weighted by Gasteiger charge is 2.26. The molecule has 4 aromatic rings. The minimum atomic E-state index is -0.536. The summed E-state index contributed by atoms with van der Waals surface area (Å²) in [6.45, 7) is 5.51. The molecule has 9 nitrogen and oxygen atoms in total. The molecule has 0 atom stereocenters. The first-order valence-corrected chi connectivity index (χ1v) is 14.2. The van der Waals surface area contributed by atoms with E-state index < -0.39 is 11.7 Å². The van der Waals surface area contributed by atoms with Crippen molar-refractivity contribution < 1.29 is 14.3 Å². The Labute approximate surface area is 230 Å². The quantitative estimate of drug-likeness (QED) is 0.233. The van der Waals surface area contributed by atoms with E-state index in [0.717, 1.165) is 36.6 Å². The number of aromatic amines is 1. The average Bonchev–Trinajstić information content (AvgIpc) is 3.27. The third kappa shape index (κ3) is 6.27. The van der Waals surface area contributed by atoms with Gasteiger partial charge in [-0.2, -0.15) is 0 Å². The predicted octanol–water partition coefficient (Wildman–Crippen LogP) is 4.91. The van der Waals surface area contributed by atoms with Gasteiger partial charge in [0.1, 0.15) is 16.6 Å². The number of amides is 2. The Morgan fingerprint density at radius 1 is 1.00 bits per heavy atom. The highest BCUT2D eigenvalue weighted by Crippen LogP contribution is 2.26. The van der Waals surface area contributed by atoms with E-state index in [0.29, 0.717) is 21.9 Å². The van der Waals surface area contributed by atoms with Gasteiger partial charge in [0.05, 0.1) is 11.4 Å². The molecule has 3 N–H and O–H groups in total. The van der Waals surface area contributed by atoms with Crippen LogP contribution >= 0.6 is 11.8 Å². The van der Waals surface area contributed by atoms with Gasteiger partial charge in [0.15, 0.2) is 5.16 Å². The lowest BCUT2D eigenvalue weighted by molar-refractivity contribution is -0.119. The van der Waals surface area contributed by atoms with Gasteiger partial charge in [-0.15, -0.1) is 0 Å². The van der Waals surface area contributed by atoms with E-state index >= 15 is 0 Å². The van der Waals surface area contributed by atoms with Crippen LogP contribution in [0.2, 0.25) is 0 Å². The topological polar surface area (TPSA) is 118 Å². The summed E-state index contributed by atoms with van der Waals surface area (Å²) in [5.41, 5.74) is 1.82. The molecule has 0 bridgehead atoms. The Bertz CT molecular complexity index is 1550. The van der Waals surface area contributed by atoms with Crippen LogP contribution in [0.1, 0.15) is 46.5 Å². The second-order valence-corrected chi connectivity index (χ2v) is 11.8. The van der Waals surface area contributed by atoms with E-state index in [1.165, 1.54) is 11.8 Å². The van der Waals surface area contributed by atoms with Crippen LogP contribution in [0.15, 0.2) is 64.5 Å². The summed E-state index contributed by atoms with van der Waals surface area (Å²) < 4.78 is 6.91. The van der Waals surface area contributed by atoms with Crippen molar-refractivity contribution in [2.45, 2.75) is 69.3 Å². The summed E-state index contributed by atoms with van der Waals surface area (Å²) in [5, 5.41) is 7.37. The smallest absolute Gasteiger partial charge is 0.407 e. The molecule has 204 valence electrons. The Morgan fingerprint density at radius 2 is 1.64 bits per heavy atom. The first kappa shape index (κ1) is 26.8. The fraction of sp³-hybridized carbons (Fsp3) is 0.379. The van der Waals surface area contributed by atoms with Crippen LogP contribution in [0, 0.1) is 0 Å². The van der Waals surface area contributed by atoms with Gasteiger partial charge in [0, 0.05) is 23.0 Å². The maximum absolute atomic E-state index is 13.6. The molecule has 1 aliphatic rings. The normalized spacial score (nSPS) is 17.7. The summed E-state index contributed by atoms with van der Waals surface area (Å²) in [5.74, 6) is 0.0138. The van der Waals surface area contributed by atoms with E-state index in [-0.39, 0.29) is 29.3 Å². The molecule has 5 rings (SSSR count). The molecule has 2 amide bonds. The molecule has 0 aliphatic heterocycles. The number of nitrogens with one attached hydrogen (secondary N) is 3. The number of para-hydroxylation sites is 2. The molecule has 0 unspecified atom stereocenters. The average molecular weight is 548 g/mol. The first-order chi connectivity index (χ1) is 18.7. The zero-order valence-electron chi connectivity index (χ0n) is 22.3. The van der Waals surface area contributed by atoms with Crippen LogP contribution in [0.5, 0.6) is 0 Å². The third-order valence-electron chi connectivity index (χ3n) is 6.65. The zero-order valence-corrected chi connectivity index (χ0v) is 23.1. The summed E-state index contributed by atoms with van der Waals surface area (Å²) in [6.07, 6.45) is 2.67.